The van der Waals surface area contributed by atoms with Crippen molar-refractivity contribution in [2.24, 2.45) is 0 Å². The molecule has 104 valence electrons. The van der Waals surface area contributed by atoms with Gasteiger partial charge in [0.1, 0.15) is 0 Å². The molecule has 0 saturated heterocycles. The molecule has 0 nitrogen and oxygen atoms in total. The molecule has 0 saturated carbocycles. The fourth-order valence-electron chi connectivity index (χ4n) is 2.99. The first kappa shape index (κ1) is 16.0. The Morgan fingerprint density at radius 3 is 2.48 bits per heavy atom. The standard InChI is InChI=1S/C13H9.C5H5.2FH.Zr/c1-3-7-12-10(5-1)9-11-6-2-4-8-13(11)12;1-2-4-5-3-1;;;/h1-5,7-8H,9H2;1-3H,4H2;2*1H;/q;;;;+2/p-2. The van der Waals surface area contributed by atoms with E-state index in [0.29, 0.717) is 0 Å². The molecule has 21 heavy (non-hydrogen) atoms. The van der Waals surface area contributed by atoms with Gasteiger partial charge >= 0.3 is 126 Å². The quantitative estimate of drug-likeness (QED) is 0.488. The fourth-order valence-corrected chi connectivity index (χ4v) is 6.18. The van der Waals surface area contributed by atoms with Gasteiger partial charge in [0.25, 0.3) is 0 Å². The number of benzene rings is 2. The SMILES string of the molecule is C1=CC[C]([Zr+2][c]2cccc3c2Cc2ccccc2-3)=C1.[F-].[F-]. The normalized spacial score (nSPS) is 13.4. The van der Waals surface area contributed by atoms with Gasteiger partial charge in [-0.3, -0.25) is 0 Å². The number of allylic oxidation sites excluding steroid dienone is 4. The van der Waals surface area contributed by atoms with E-state index in [1.54, 1.807) is 12.1 Å². The van der Waals surface area contributed by atoms with Crippen molar-refractivity contribution < 1.29 is 32.6 Å². The third-order valence-corrected chi connectivity index (χ3v) is 7.43. The number of hydrogen-bond donors (Lipinski definition) is 0. The van der Waals surface area contributed by atoms with E-state index >= 15 is 0 Å². The Bertz CT molecular complexity index is 717. The van der Waals surface area contributed by atoms with E-state index in [9.17, 15) is 0 Å². The molecule has 2 aliphatic carbocycles. The van der Waals surface area contributed by atoms with E-state index in [0.717, 1.165) is 6.42 Å². The first-order valence-electron chi connectivity index (χ1n) is 6.75. The van der Waals surface area contributed by atoms with Gasteiger partial charge in [-0.05, 0) is 0 Å². The van der Waals surface area contributed by atoms with Crippen LogP contribution in [0.5, 0.6) is 0 Å². The predicted molar refractivity (Wildman–Crippen MR) is 76.2 cm³/mol. The molecule has 2 aliphatic rings. The van der Waals surface area contributed by atoms with Gasteiger partial charge in [0, 0.05) is 0 Å². The molecule has 4 rings (SSSR count). The Hall–Kier alpha value is -1.34. The summed E-state index contributed by atoms with van der Waals surface area (Å²) in [6.45, 7) is 0. The Morgan fingerprint density at radius 2 is 1.67 bits per heavy atom. The van der Waals surface area contributed by atoms with Crippen molar-refractivity contribution in [1.82, 2.24) is 0 Å². The number of rotatable bonds is 2. The van der Waals surface area contributed by atoms with Gasteiger partial charge in [0.15, 0.2) is 0 Å². The summed E-state index contributed by atoms with van der Waals surface area (Å²) in [5, 5.41) is 0. The van der Waals surface area contributed by atoms with Gasteiger partial charge in [-0.25, -0.2) is 0 Å². The second-order valence-electron chi connectivity index (χ2n) is 5.11. The van der Waals surface area contributed by atoms with Crippen LogP contribution in [0.4, 0.5) is 0 Å². The van der Waals surface area contributed by atoms with Gasteiger partial charge in [-0.2, -0.15) is 0 Å². The molecule has 0 aromatic heterocycles. The second-order valence-corrected chi connectivity index (χ2v) is 8.63. The molecule has 2 aromatic rings. The van der Waals surface area contributed by atoms with Crippen LogP contribution in [0.25, 0.3) is 11.1 Å². The summed E-state index contributed by atoms with van der Waals surface area (Å²) in [5.41, 5.74) is 6.06. The molecular formula is C18H14F2Zr. The summed E-state index contributed by atoms with van der Waals surface area (Å²) in [5.74, 6) is 0. The Kier molecular flexibility index (Phi) is 5.05. The van der Waals surface area contributed by atoms with Crippen LogP contribution < -0.4 is 12.7 Å². The summed E-state index contributed by atoms with van der Waals surface area (Å²) >= 11 is -0.581. The number of halogens is 2. The third kappa shape index (κ3) is 2.85. The Morgan fingerprint density at radius 1 is 0.857 bits per heavy atom. The zero-order valence-electron chi connectivity index (χ0n) is 11.4. The molecule has 2 aromatic carbocycles. The Labute approximate surface area is 134 Å². The first-order chi connectivity index (χ1) is 9.42. The fraction of sp³-hybridized carbons (Fsp3) is 0.111. The van der Waals surface area contributed by atoms with Crippen molar-refractivity contribution in [2.45, 2.75) is 12.8 Å². The van der Waals surface area contributed by atoms with Crippen LogP contribution in [0.1, 0.15) is 17.5 Å². The molecule has 0 bridgehead atoms. The van der Waals surface area contributed by atoms with Crippen LogP contribution in [-0.2, 0) is 29.7 Å². The van der Waals surface area contributed by atoms with E-state index in [2.05, 4.69) is 60.7 Å². The van der Waals surface area contributed by atoms with Crippen LogP contribution in [0.15, 0.2) is 64.0 Å². The Balaban J connectivity index is 0.000000807. The maximum Gasteiger partial charge on any atom is -1.00 e. The predicted octanol–water partition coefficient (Wildman–Crippen LogP) is -2.18. The molecule has 0 heterocycles. The van der Waals surface area contributed by atoms with Gasteiger partial charge in [-0.15, -0.1) is 0 Å². The zero-order chi connectivity index (χ0) is 12.7. The summed E-state index contributed by atoms with van der Waals surface area (Å²) in [6.07, 6.45) is 9.18. The molecular weight excluding hydrogens is 345 g/mol. The molecule has 0 spiro atoms. The van der Waals surface area contributed by atoms with E-state index in [-0.39, 0.29) is 9.41 Å². The minimum Gasteiger partial charge on any atom is -1.00 e. The summed E-state index contributed by atoms with van der Waals surface area (Å²) in [4.78, 5) is 0. The van der Waals surface area contributed by atoms with Crippen LogP contribution in [-0.4, -0.2) is 0 Å². The van der Waals surface area contributed by atoms with E-state index in [1.165, 1.54) is 23.1 Å². The molecule has 0 fully saturated rings. The van der Waals surface area contributed by atoms with E-state index in [4.69, 9.17) is 0 Å². The monoisotopic (exact) mass is 358 g/mol. The van der Waals surface area contributed by atoms with E-state index in [1.807, 2.05) is 0 Å². The zero-order valence-corrected chi connectivity index (χ0v) is 13.9. The van der Waals surface area contributed by atoms with Gasteiger partial charge < -0.3 is 9.41 Å². The minimum atomic E-state index is -0.581. The summed E-state index contributed by atoms with van der Waals surface area (Å²) in [7, 11) is 0. The van der Waals surface area contributed by atoms with Crippen LogP contribution in [0.2, 0.25) is 0 Å². The molecule has 0 amide bonds. The molecule has 0 aliphatic heterocycles. The number of fused-ring (bicyclic) bond motifs is 3. The van der Waals surface area contributed by atoms with Crippen LogP contribution in [0, 0.1) is 0 Å². The topological polar surface area (TPSA) is 0 Å². The largest absolute Gasteiger partial charge is 1.00 e. The van der Waals surface area contributed by atoms with Gasteiger partial charge in [0.05, 0.1) is 0 Å². The van der Waals surface area contributed by atoms with Crippen LogP contribution in [0.3, 0.4) is 0 Å². The summed E-state index contributed by atoms with van der Waals surface area (Å²) in [6, 6.07) is 15.8. The van der Waals surface area contributed by atoms with Crippen molar-refractivity contribution in [3.05, 3.63) is 75.1 Å². The molecule has 0 N–H and O–H groups in total. The molecule has 0 atom stereocenters. The second kappa shape index (κ2) is 6.62. The summed E-state index contributed by atoms with van der Waals surface area (Å²) < 4.78 is 3.38. The average molecular weight is 360 g/mol. The van der Waals surface area contributed by atoms with Crippen molar-refractivity contribution in [3.8, 4) is 11.1 Å². The number of hydrogen-bond acceptors (Lipinski definition) is 0. The van der Waals surface area contributed by atoms with Gasteiger partial charge in [-0.1, -0.05) is 0 Å². The first-order valence-corrected chi connectivity index (χ1v) is 9.20. The van der Waals surface area contributed by atoms with Crippen molar-refractivity contribution in [2.75, 3.05) is 0 Å². The molecule has 0 unspecified atom stereocenters. The minimum absolute atomic E-state index is 0. The van der Waals surface area contributed by atoms with Crippen molar-refractivity contribution in [1.29, 1.82) is 0 Å². The average Bonchev–Trinajstić information content (AvgIpc) is 3.06. The molecule has 3 heteroatoms. The molecule has 0 radical (unpaired) electrons. The van der Waals surface area contributed by atoms with Crippen LogP contribution >= 0.6 is 0 Å². The smallest absolute Gasteiger partial charge is 1.00 e. The van der Waals surface area contributed by atoms with Crippen molar-refractivity contribution >= 4 is 3.27 Å². The third-order valence-electron chi connectivity index (χ3n) is 3.92. The van der Waals surface area contributed by atoms with Gasteiger partial charge in [0.2, 0.25) is 0 Å². The van der Waals surface area contributed by atoms with Crippen molar-refractivity contribution in [3.63, 3.8) is 0 Å². The maximum absolute atomic E-state index is 2.37. The maximum atomic E-state index is 2.37. The van der Waals surface area contributed by atoms with E-state index < -0.39 is 23.2 Å².